The number of amides is 1. The summed E-state index contributed by atoms with van der Waals surface area (Å²) in [6, 6.07) is 13.2. The lowest BCUT2D eigenvalue weighted by molar-refractivity contribution is 0.102. The molecule has 2 aromatic carbocycles. The van der Waals surface area contributed by atoms with Crippen molar-refractivity contribution in [1.82, 2.24) is 9.78 Å². The topological polar surface area (TPSA) is 46.9 Å². The van der Waals surface area contributed by atoms with Crippen molar-refractivity contribution in [3.8, 4) is 5.69 Å². The maximum Gasteiger partial charge on any atom is 0.255 e. The van der Waals surface area contributed by atoms with Gasteiger partial charge in [0.1, 0.15) is 11.5 Å². The second kappa shape index (κ2) is 6.11. The van der Waals surface area contributed by atoms with Crippen LogP contribution in [-0.4, -0.2) is 15.7 Å². The van der Waals surface area contributed by atoms with Gasteiger partial charge in [-0.3, -0.25) is 4.79 Å². The molecule has 3 rings (SSSR count). The van der Waals surface area contributed by atoms with Gasteiger partial charge in [0.2, 0.25) is 0 Å². The Labute approximate surface area is 134 Å². The average molecular weight is 360 g/mol. The molecule has 1 N–H and O–H groups in total. The van der Waals surface area contributed by atoms with Crippen molar-refractivity contribution in [1.29, 1.82) is 0 Å². The Bertz CT molecular complexity index is 818. The number of halogens is 2. The Balaban J connectivity index is 1.85. The molecule has 0 atom stereocenters. The molecule has 0 bridgehead atoms. The van der Waals surface area contributed by atoms with Gasteiger partial charge in [0.05, 0.1) is 5.69 Å². The standard InChI is InChI=1S/C16H11BrFN3O/c17-12-4-1-2-5-14(12)20-16(22)11-6-7-15(13(18)10-11)21-9-3-8-19-21/h1-10H,(H,20,22). The molecule has 22 heavy (non-hydrogen) atoms. The summed E-state index contributed by atoms with van der Waals surface area (Å²) in [4.78, 5) is 12.2. The molecule has 110 valence electrons. The number of para-hydroxylation sites is 1. The molecule has 0 radical (unpaired) electrons. The van der Waals surface area contributed by atoms with Gasteiger partial charge in [-0.15, -0.1) is 0 Å². The zero-order valence-electron chi connectivity index (χ0n) is 11.3. The maximum absolute atomic E-state index is 14.1. The minimum Gasteiger partial charge on any atom is -0.321 e. The van der Waals surface area contributed by atoms with Crippen LogP contribution < -0.4 is 5.32 Å². The fourth-order valence-corrected chi connectivity index (χ4v) is 2.39. The molecule has 0 saturated carbocycles. The number of aromatic nitrogens is 2. The van der Waals surface area contributed by atoms with E-state index in [0.717, 1.165) is 4.47 Å². The van der Waals surface area contributed by atoms with E-state index in [2.05, 4.69) is 26.3 Å². The van der Waals surface area contributed by atoms with Crippen LogP contribution in [0.1, 0.15) is 10.4 Å². The van der Waals surface area contributed by atoms with E-state index in [-0.39, 0.29) is 11.5 Å². The van der Waals surface area contributed by atoms with Gasteiger partial charge < -0.3 is 5.32 Å². The molecule has 0 aliphatic rings. The van der Waals surface area contributed by atoms with Crippen LogP contribution in [0.2, 0.25) is 0 Å². The quantitative estimate of drug-likeness (QED) is 0.767. The summed E-state index contributed by atoms with van der Waals surface area (Å²) >= 11 is 3.35. The monoisotopic (exact) mass is 359 g/mol. The molecule has 0 unspecified atom stereocenters. The molecular formula is C16H11BrFN3O. The van der Waals surface area contributed by atoms with Gasteiger partial charge in [-0.2, -0.15) is 5.10 Å². The third kappa shape index (κ3) is 2.92. The van der Waals surface area contributed by atoms with E-state index >= 15 is 0 Å². The summed E-state index contributed by atoms with van der Waals surface area (Å²) in [5, 5.41) is 6.70. The second-order valence-corrected chi connectivity index (χ2v) is 5.41. The average Bonchev–Trinajstić information content (AvgIpc) is 3.03. The highest BCUT2D eigenvalue weighted by atomic mass is 79.9. The summed E-state index contributed by atoms with van der Waals surface area (Å²) in [5.41, 5.74) is 1.16. The van der Waals surface area contributed by atoms with Crippen molar-refractivity contribution in [2.75, 3.05) is 5.32 Å². The van der Waals surface area contributed by atoms with Gasteiger partial charge in [-0.1, -0.05) is 12.1 Å². The van der Waals surface area contributed by atoms with E-state index in [0.29, 0.717) is 11.4 Å². The second-order valence-electron chi connectivity index (χ2n) is 4.55. The summed E-state index contributed by atoms with van der Waals surface area (Å²) < 4.78 is 16.3. The fraction of sp³-hybridized carbons (Fsp3) is 0. The van der Waals surface area contributed by atoms with Crippen molar-refractivity contribution in [3.63, 3.8) is 0 Å². The van der Waals surface area contributed by atoms with Crippen molar-refractivity contribution in [2.45, 2.75) is 0 Å². The minimum absolute atomic E-state index is 0.240. The van der Waals surface area contributed by atoms with Gasteiger partial charge in [0.15, 0.2) is 0 Å². The number of hydrogen-bond donors (Lipinski definition) is 1. The highest BCUT2D eigenvalue weighted by Gasteiger charge is 2.12. The molecule has 6 heteroatoms. The summed E-state index contributed by atoms with van der Waals surface area (Å²) in [6.45, 7) is 0. The largest absolute Gasteiger partial charge is 0.321 e. The molecule has 0 spiro atoms. The lowest BCUT2D eigenvalue weighted by Gasteiger charge is -2.09. The normalized spacial score (nSPS) is 10.5. The summed E-state index contributed by atoms with van der Waals surface area (Å²) in [6.07, 6.45) is 3.20. The van der Waals surface area contributed by atoms with Gasteiger partial charge in [0.25, 0.3) is 5.91 Å². The molecule has 3 aromatic rings. The van der Waals surface area contributed by atoms with Crippen LogP contribution in [0.25, 0.3) is 5.69 Å². The highest BCUT2D eigenvalue weighted by Crippen LogP contribution is 2.22. The molecule has 4 nitrogen and oxygen atoms in total. The maximum atomic E-state index is 14.1. The number of hydrogen-bond acceptors (Lipinski definition) is 2. The number of carbonyl (C=O) groups excluding carboxylic acids is 1. The van der Waals surface area contributed by atoms with E-state index in [9.17, 15) is 9.18 Å². The molecule has 0 fully saturated rings. The van der Waals surface area contributed by atoms with Gasteiger partial charge >= 0.3 is 0 Å². The first-order valence-electron chi connectivity index (χ1n) is 6.50. The third-order valence-corrected chi connectivity index (χ3v) is 3.77. The number of nitrogens with zero attached hydrogens (tertiary/aromatic N) is 2. The SMILES string of the molecule is O=C(Nc1ccccc1Br)c1ccc(-n2cccn2)c(F)c1. The smallest absolute Gasteiger partial charge is 0.255 e. The predicted molar refractivity (Wildman–Crippen MR) is 85.6 cm³/mol. The van der Waals surface area contributed by atoms with Crippen molar-refractivity contribution in [3.05, 3.63) is 76.8 Å². The first-order chi connectivity index (χ1) is 10.6. The fourth-order valence-electron chi connectivity index (χ4n) is 2.00. The Kier molecular flexibility index (Phi) is 4.02. The lowest BCUT2D eigenvalue weighted by atomic mass is 10.1. The summed E-state index contributed by atoms with van der Waals surface area (Å²) in [5.74, 6) is -0.888. The molecule has 0 aliphatic heterocycles. The van der Waals surface area contributed by atoms with Crippen LogP contribution in [0, 0.1) is 5.82 Å². The molecular weight excluding hydrogens is 349 g/mol. The van der Waals surface area contributed by atoms with Gasteiger partial charge in [-0.05, 0) is 52.3 Å². The van der Waals surface area contributed by atoms with Crippen LogP contribution in [0.5, 0.6) is 0 Å². The first kappa shape index (κ1) is 14.5. The summed E-state index contributed by atoms with van der Waals surface area (Å²) in [7, 11) is 0. The van der Waals surface area contributed by atoms with Crippen LogP contribution in [0.15, 0.2) is 65.4 Å². The van der Waals surface area contributed by atoms with E-state index in [4.69, 9.17) is 0 Å². The molecule has 0 saturated heterocycles. The molecule has 1 amide bonds. The zero-order chi connectivity index (χ0) is 15.5. The number of benzene rings is 2. The van der Waals surface area contributed by atoms with Crippen LogP contribution in [-0.2, 0) is 0 Å². The Morgan fingerprint density at radius 2 is 2.00 bits per heavy atom. The van der Waals surface area contributed by atoms with E-state index in [1.165, 1.54) is 16.8 Å². The predicted octanol–water partition coefficient (Wildman–Crippen LogP) is 4.03. The van der Waals surface area contributed by atoms with Crippen molar-refractivity contribution in [2.24, 2.45) is 0 Å². The van der Waals surface area contributed by atoms with Crippen LogP contribution in [0.4, 0.5) is 10.1 Å². The van der Waals surface area contributed by atoms with Crippen LogP contribution >= 0.6 is 15.9 Å². The zero-order valence-corrected chi connectivity index (χ0v) is 12.9. The van der Waals surface area contributed by atoms with Crippen molar-refractivity contribution >= 4 is 27.5 Å². The molecule has 1 aromatic heterocycles. The number of carbonyl (C=O) groups is 1. The number of nitrogens with one attached hydrogen (secondary N) is 1. The Hall–Kier alpha value is -2.47. The van der Waals surface area contributed by atoms with E-state index < -0.39 is 5.82 Å². The Morgan fingerprint density at radius 1 is 1.18 bits per heavy atom. The third-order valence-electron chi connectivity index (χ3n) is 3.08. The number of anilines is 1. The van der Waals surface area contributed by atoms with Gasteiger partial charge in [0, 0.05) is 22.4 Å². The van der Waals surface area contributed by atoms with E-state index in [1.807, 2.05) is 18.2 Å². The lowest BCUT2D eigenvalue weighted by Crippen LogP contribution is -2.13. The van der Waals surface area contributed by atoms with E-state index in [1.54, 1.807) is 30.6 Å². The highest BCUT2D eigenvalue weighted by molar-refractivity contribution is 9.10. The molecule has 1 heterocycles. The Morgan fingerprint density at radius 3 is 2.68 bits per heavy atom. The van der Waals surface area contributed by atoms with Crippen molar-refractivity contribution < 1.29 is 9.18 Å². The minimum atomic E-state index is -0.511. The first-order valence-corrected chi connectivity index (χ1v) is 7.30. The number of rotatable bonds is 3. The van der Waals surface area contributed by atoms with Gasteiger partial charge in [-0.25, -0.2) is 9.07 Å². The van der Waals surface area contributed by atoms with Crippen LogP contribution in [0.3, 0.4) is 0 Å². The molecule has 0 aliphatic carbocycles.